The van der Waals surface area contributed by atoms with E-state index in [1.54, 1.807) is 6.92 Å². The second-order valence-corrected chi connectivity index (χ2v) is 3.91. The van der Waals surface area contributed by atoms with Crippen LogP contribution in [-0.2, 0) is 6.54 Å². The SMILES string of the molecule is CCCCCn1c(=O)[nH]c(Cl)c(C)c1=O. The Labute approximate surface area is 92.9 Å². The number of nitrogens with zero attached hydrogens (tertiary/aromatic N) is 1. The zero-order valence-corrected chi connectivity index (χ0v) is 9.73. The third-order valence-corrected chi connectivity index (χ3v) is 2.72. The molecule has 0 aromatic carbocycles. The Kier molecular flexibility index (Phi) is 4.15. The molecule has 5 heteroatoms. The van der Waals surface area contributed by atoms with E-state index in [4.69, 9.17) is 11.6 Å². The van der Waals surface area contributed by atoms with Gasteiger partial charge in [-0.05, 0) is 13.3 Å². The predicted molar refractivity (Wildman–Crippen MR) is 60.6 cm³/mol. The smallest absolute Gasteiger partial charge is 0.297 e. The molecule has 0 atom stereocenters. The van der Waals surface area contributed by atoms with Gasteiger partial charge < -0.3 is 0 Å². The Balaban J connectivity index is 3.03. The number of aromatic nitrogens is 2. The van der Waals surface area contributed by atoms with Crippen LogP contribution in [0.1, 0.15) is 31.7 Å². The maximum Gasteiger partial charge on any atom is 0.329 e. The highest BCUT2D eigenvalue weighted by Crippen LogP contribution is 2.03. The van der Waals surface area contributed by atoms with Gasteiger partial charge in [-0.15, -0.1) is 0 Å². The minimum Gasteiger partial charge on any atom is -0.297 e. The number of aromatic amines is 1. The molecule has 0 fully saturated rings. The summed E-state index contributed by atoms with van der Waals surface area (Å²) in [6.07, 6.45) is 2.90. The van der Waals surface area contributed by atoms with E-state index in [0.717, 1.165) is 19.3 Å². The van der Waals surface area contributed by atoms with E-state index < -0.39 is 5.69 Å². The van der Waals surface area contributed by atoms with Crippen LogP contribution in [0.4, 0.5) is 0 Å². The lowest BCUT2D eigenvalue weighted by atomic mass is 10.2. The predicted octanol–water partition coefficient (Wildman–Crippen LogP) is 1.69. The van der Waals surface area contributed by atoms with Gasteiger partial charge in [0.1, 0.15) is 5.15 Å². The monoisotopic (exact) mass is 230 g/mol. The second-order valence-electron chi connectivity index (χ2n) is 3.53. The van der Waals surface area contributed by atoms with E-state index in [2.05, 4.69) is 11.9 Å². The molecule has 0 radical (unpaired) electrons. The number of H-pyrrole nitrogens is 1. The fraction of sp³-hybridized carbons (Fsp3) is 0.600. The summed E-state index contributed by atoms with van der Waals surface area (Å²) in [7, 11) is 0. The molecule has 0 amide bonds. The molecule has 0 aliphatic carbocycles. The van der Waals surface area contributed by atoms with Crippen molar-refractivity contribution in [1.29, 1.82) is 0 Å². The van der Waals surface area contributed by atoms with Gasteiger partial charge in [-0.25, -0.2) is 4.79 Å². The number of hydrogen-bond donors (Lipinski definition) is 1. The summed E-state index contributed by atoms with van der Waals surface area (Å²) in [6, 6.07) is 0. The third-order valence-electron chi connectivity index (χ3n) is 2.34. The van der Waals surface area contributed by atoms with Crippen LogP contribution in [0, 0.1) is 6.92 Å². The Bertz CT molecular complexity index is 448. The lowest BCUT2D eigenvalue weighted by molar-refractivity contribution is 0.560. The average molecular weight is 231 g/mol. The molecule has 1 aromatic heterocycles. The van der Waals surface area contributed by atoms with Crippen LogP contribution in [-0.4, -0.2) is 9.55 Å². The van der Waals surface area contributed by atoms with Gasteiger partial charge in [0.25, 0.3) is 5.56 Å². The van der Waals surface area contributed by atoms with E-state index in [1.165, 1.54) is 4.57 Å². The number of halogens is 1. The van der Waals surface area contributed by atoms with Crippen molar-refractivity contribution in [2.45, 2.75) is 39.7 Å². The summed E-state index contributed by atoms with van der Waals surface area (Å²) in [5.41, 5.74) is -0.320. The number of hydrogen-bond acceptors (Lipinski definition) is 2. The zero-order chi connectivity index (χ0) is 11.4. The molecule has 84 valence electrons. The number of nitrogens with one attached hydrogen (secondary N) is 1. The topological polar surface area (TPSA) is 54.9 Å². The molecular formula is C10H15ClN2O2. The molecular weight excluding hydrogens is 216 g/mol. The van der Waals surface area contributed by atoms with E-state index >= 15 is 0 Å². The van der Waals surface area contributed by atoms with Crippen molar-refractivity contribution in [3.63, 3.8) is 0 Å². The van der Waals surface area contributed by atoms with Crippen LogP contribution in [0.5, 0.6) is 0 Å². The fourth-order valence-electron chi connectivity index (χ4n) is 1.37. The Morgan fingerprint density at radius 2 is 2.00 bits per heavy atom. The van der Waals surface area contributed by atoms with Gasteiger partial charge in [-0.3, -0.25) is 14.3 Å². The van der Waals surface area contributed by atoms with Gasteiger partial charge in [0, 0.05) is 12.1 Å². The van der Waals surface area contributed by atoms with Crippen molar-refractivity contribution in [1.82, 2.24) is 9.55 Å². The molecule has 1 N–H and O–H groups in total. The molecule has 1 rings (SSSR count). The standard InChI is InChI=1S/C10H15ClN2O2/c1-3-4-5-6-13-9(14)7(2)8(11)12-10(13)15/h3-6H2,1-2H3,(H,12,15). The van der Waals surface area contributed by atoms with Gasteiger partial charge >= 0.3 is 5.69 Å². The van der Waals surface area contributed by atoms with Crippen LogP contribution in [0.3, 0.4) is 0 Å². The van der Waals surface area contributed by atoms with Crippen LogP contribution in [0.15, 0.2) is 9.59 Å². The zero-order valence-electron chi connectivity index (χ0n) is 8.97. The first-order valence-corrected chi connectivity index (χ1v) is 5.45. The Morgan fingerprint density at radius 1 is 1.33 bits per heavy atom. The first-order chi connectivity index (χ1) is 7.07. The van der Waals surface area contributed by atoms with Gasteiger partial charge in [0.15, 0.2) is 0 Å². The van der Waals surface area contributed by atoms with Crippen molar-refractivity contribution >= 4 is 11.6 Å². The Hall–Kier alpha value is -1.03. The summed E-state index contributed by atoms with van der Waals surface area (Å²) in [5, 5.41) is 0.136. The summed E-state index contributed by atoms with van der Waals surface area (Å²) < 4.78 is 1.21. The summed E-state index contributed by atoms with van der Waals surface area (Å²) in [6.45, 7) is 4.14. The quantitative estimate of drug-likeness (QED) is 0.632. The van der Waals surface area contributed by atoms with Gasteiger partial charge in [0.05, 0.1) is 0 Å². The highest BCUT2D eigenvalue weighted by Gasteiger charge is 2.07. The number of rotatable bonds is 4. The highest BCUT2D eigenvalue weighted by atomic mass is 35.5. The van der Waals surface area contributed by atoms with Crippen LogP contribution in [0.2, 0.25) is 5.15 Å². The Morgan fingerprint density at radius 3 is 2.60 bits per heavy atom. The fourth-order valence-corrected chi connectivity index (χ4v) is 1.53. The first-order valence-electron chi connectivity index (χ1n) is 5.07. The van der Waals surface area contributed by atoms with E-state index in [9.17, 15) is 9.59 Å². The van der Waals surface area contributed by atoms with Crippen LogP contribution >= 0.6 is 11.6 Å². The summed E-state index contributed by atoms with van der Waals surface area (Å²) in [5.74, 6) is 0. The van der Waals surface area contributed by atoms with E-state index in [1.807, 2.05) is 0 Å². The van der Waals surface area contributed by atoms with E-state index in [-0.39, 0.29) is 10.7 Å². The molecule has 0 spiro atoms. The van der Waals surface area contributed by atoms with Crippen molar-refractivity contribution in [3.05, 3.63) is 31.6 Å². The summed E-state index contributed by atoms with van der Waals surface area (Å²) in [4.78, 5) is 25.5. The molecule has 0 aliphatic rings. The third kappa shape index (κ3) is 2.72. The molecule has 4 nitrogen and oxygen atoms in total. The first kappa shape index (κ1) is 12.0. The van der Waals surface area contributed by atoms with Gasteiger partial charge in [-0.1, -0.05) is 31.4 Å². The molecule has 0 aliphatic heterocycles. The van der Waals surface area contributed by atoms with Crippen molar-refractivity contribution in [2.75, 3.05) is 0 Å². The second kappa shape index (κ2) is 5.16. The van der Waals surface area contributed by atoms with Gasteiger partial charge in [0.2, 0.25) is 0 Å². The van der Waals surface area contributed by atoms with Crippen molar-refractivity contribution in [2.24, 2.45) is 0 Å². The normalized spacial score (nSPS) is 10.6. The van der Waals surface area contributed by atoms with Crippen LogP contribution in [0.25, 0.3) is 0 Å². The molecule has 0 bridgehead atoms. The summed E-state index contributed by atoms with van der Waals surface area (Å²) >= 11 is 5.68. The number of unbranched alkanes of at least 4 members (excludes halogenated alkanes) is 2. The lowest BCUT2D eigenvalue weighted by Gasteiger charge is -2.05. The maximum atomic E-state index is 11.7. The van der Waals surface area contributed by atoms with E-state index in [0.29, 0.717) is 12.1 Å². The maximum absolute atomic E-state index is 11.7. The molecule has 1 aromatic rings. The minimum atomic E-state index is -0.424. The highest BCUT2D eigenvalue weighted by molar-refractivity contribution is 6.30. The largest absolute Gasteiger partial charge is 0.329 e. The average Bonchev–Trinajstić information content (AvgIpc) is 2.20. The van der Waals surface area contributed by atoms with Crippen molar-refractivity contribution < 1.29 is 0 Å². The molecule has 1 heterocycles. The lowest BCUT2D eigenvalue weighted by Crippen LogP contribution is -2.36. The van der Waals surface area contributed by atoms with Gasteiger partial charge in [-0.2, -0.15) is 0 Å². The molecule has 0 saturated heterocycles. The minimum absolute atomic E-state index is 0.136. The molecule has 15 heavy (non-hydrogen) atoms. The molecule has 0 unspecified atom stereocenters. The molecule has 0 saturated carbocycles. The van der Waals surface area contributed by atoms with Crippen molar-refractivity contribution in [3.8, 4) is 0 Å². The van der Waals surface area contributed by atoms with Crippen LogP contribution < -0.4 is 11.2 Å².